The summed E-state index contributed by atoms with van der Waals surface area (Å²) in [5.74, 6) is -2.28. The summed E-state index contributed by atoms with van der Waals surface area (Å²) in [7, 11) is -4.35. The SMILES string of the molecule is CC(C)(C)CCn1c(=O)c(C2=NS(=O)(=O)c3cc(OCC(N)=O)ccc3N2)c(O)c2cc(F)ccc21. The Bertz CT molecular complexity index is 1590. The summed E-state index contributed by atoms with van der Waals surface area (Å²) in [5.41, 5.74) is 4.22. The smallest absolute Gasteiger partial charge is 0.286 e. The highest BCUT2D eigenvalue weighted by Crippen LogP contribution is 2.35. The van der Waals surface area contributed by atoms with Gasteiger partial charge >= 0.3 is 0 Å². The summed E-state index contributed by atoms with van der Waals surface area (Å²) in [6.07, 6.45) is 0.582. The van der Waals surface area contributed by atoms with E-state index in [-0.39, 0.29) is 33.7 Å². The molecule has 0 unspecified atom stereocenters. The van der Waals surface area contributed by atoms with Gasteiger partial charge in [0, 0.05) is 18.0 Å². The molecule has 4 rings (SSSR count). The molecule has 36 heavy (non-hydrogen) atoms. The number of nitrogens with zero attached hydrogens (tertiary/aromatic N) is 2. The summed E-state index contributed by atoms with van der Waals surface area (Å²) in [4.78, 5) is 24.3. The van der Waals surface area contributed by atoms with Crippen molar-refractivity contribution in [3.63, 3.8) is 0 Å². The van der Waals surface area contributed by atoms with Gasteiger partial charge in [-0.25, -0.2) is 4.39 Å². The lowest BCUT2D eigenvalue weighted by atomic mass is 9.92. The van der Waals surface area contributed by atoms with Crippen molar-refractivity contribution in [2.24, 2.45) is 15.5 Å². The number of carbonyl (C=O) groups excluding carboxylic acids is 1. The third-order valence-corrected chi connectivity index (χ3v) is 6.92. The van der Waals surface area contributed by atoms with Crippen LogP contribution in [0, 0.1) is 11.2 Å². The molecule has 0 aliphatic carbocycles. The van der Waals surface area contributed by atoms with Crippen molar-refractivity contribution >= 4 is 38.4 Å². The Balaban J connectivity index is 1.87. The molecule has 1 amide bonds. The Morgan fingerprint density at radius 2 is 1.94 bits per heavy atom. The van der Waals surface area contributed by atoms with Crippen LogP contribution in [0.25, 0.3) is 10.9 Å². The van der Waals surface area contributed by atoms with Gasteiger partial charge in [0.15, 0.2) is 12.4 Å². The number of fused-ring (bicyclic) bond motifs is 2. The van der Waals surface area contributed by atoms with Gasteiger partial charge < -0.3 is 25.5 Å². The molecule has 1 aliphatic heterocycles. The first-order valence-electron chi connectivity index (χ1n) is 11.0. The molecule has 0 saturated carbocycles. The molecule has 2 aromatic carbocycles. The van der Waals surface area contributed by atoms with Crippen LogP contribution in [0.3, 0.4) is 0 Å². The Morgan fingerprint density at radius 3 is 2.61 bits per heavy atom. The van der Waals surface area contributed by atoms with E-state index in [1.54, 1.807) is 0 Å². The molecular weight excluding hydrogens is 491 g/mol. The maximum absolute atomic E-state index is 14.1. The summed E-state index contributed by atoms with van der Waals surface area (Å²) in [6, 6.07) is 7.60. The molecule has 0 radical (unpaired) electrons. The van der Waals surface area contributed by atoms with Crippen LogP contribution in [0.4, 0.5) is 10.1 Å². The molecule has 10 nitrogen and oxygen atoms in total. The van der Waals surface area contributed by atoms with E-state index < -0.39 is 51.1 Å². The van der Waals surface area contributed by atoms with Crippen LogP contribution in [0.15, 0.2) is 50.5 Å². The molecule has 0 fully saturated rings. The number of hydrogen-bond donors (Lipinski definition) is 3. The average molecular weight is 517 g/mol. The maximum Gasteiger partial charge on any atom is 0.286 e. The molecule has 1 aliphatic rings. The second kappa shape index (κ2) is 8.94. The highest BCUT2D eigenvalue weighted by molar-refractivity contribution is 7.90. The lowest BCUT2D eigenvalue weighted by Gasteiger charge is -2.23. The Kier molecular flexibility index (Phi) is 6.25. The molecule has 3 aromatic rings. The fourth-order valence-electron chi connectivity index (χ4n) is 3.79. The number of aromatic nitrogens is 1. The number of aryl methyl sites for hydroxylation is 1. The predicted molar refractivity (Wildman–Crippen MR) is 132 cm³/mol. The first-order chi connectivity index (χ1) is 16.8. The van der Waals surface area contributed by atoms with Gasteiger partial charge in [0.1, 0.15) is 27.8 Å². The Hall–Kier alpha value is -3.93. The van der Waals surface area contributed by atoms with E-state index in [1.165, 1.54) is 28.8 Å². The molecule has 12 heteroatoms. The number of rotatable bonds is 6. The van der Waals surface area contributed by atoms with Crippen molar-refractivity contribution in [3.8, 4) is 11.5 Å². The number of benzene rings is 2. The maximum atomic E-state index is 14.1. The largest absolute Gasteiger partial charge is 0.506 e. The molecule has 0 atom stereocenters. The minimum atomic E-state index is -4.35. The zero-order valence-corrected chi connectivity index (χ0v) is 20.6. The number of nitrogens with one attached hydrogen (secondary N) is 1. The number of aromatic hydroxyl groups is 1. The quantitative estimate of drug-likeness (QED) is 0.455. The van der Waals surface area contributed by atoms with Crippen molar-refractivity contribution < 1.29 is 27.4 Å². The lowest BCUT2D eigenvalue weighted by Crippen LogP contribution is -2.33. The number of hydrogen-bond acceptors (Lipinski definition) is 7. The molecule has 1 aromatic heterocycles. The average Bonchev–Trinajstić information content (AvgIpc) is 2.77. The minimum Gasteiger partial charge on any atom is -0.506 e. The zero-order valence-electron chi connectivity index (χ0n) is 19.8. The summed E-state index contributed by atoms with van der Waals surface area (Å²) >= 11 is 0. The second-order valence-corrected chi connectivity index (χ2v) is 11.2. The number of pyridine rings is 1. The predicted octanol–water partition coefficient (Wildman–Crippen LogP) is 2.71. The van der Waals surface area contributed by atoms with E-state index in [1.807, 2.05) is 20.8 Å². The number of ether oxygens (including phenoxy) is 1. The van der Waals surface area contributed by atoms with Gasteiger partial charge in [-0.05, 0) is 42.2 Å². The zero-order chi connectivity index (χ0) is 26.4. The van der Waals surface area contributed by atoms with E-state index in [0.29, 0.717) is 11.9 Å². The monoisotopic (exact) mass is 516 g/mol. The van der Waals surface area contributed by atoms with Crippen LogP contribution in [0.5, 0.6) is 11.5 Å². The first-order valence-corrected chi connectivity index (χ1v) is 12.4. The number of halogens is 1. The number of carbonyl (C=O) groups is 1. The van der Waals surface area contributed by atoms with Crippen molar-refractivity contribution in [1.29, 1.82) is 0 Å². The van der Waals surface area contributed by atoms with Crippen molar-refractivity contribution in [1.82, 2.24) is 4.57 Å². The van der Waals surface area contributed by atoms with Crippen LogP contribution < -0.4 is 21.3 Å². The van der Waals surface area contributed by atoms with Gasteiger partial charge in [-0.3, -0.25) is 9.59 Å². The Labute approximate surface area is 206 Å². The highest BCUT2D eigenvalue weighted by Gasteiger charge is 2.30. The van der Waals surface area contributed by atoms with Crippen molar-refractivity contribution in [2.45, 2.75) is 38.6 Å². The minimum absolute atomic E-state index is 0.0430. The molecule has 190 valence electrons. The topological polar surface area (TPSA) is 153 Å². The van der Waals surface area contributed by atoms with E-state index in [9.17, 15) is 27.5 Å². The van der Waals surface area contributed by atoms with Gasteiger partial charge in [0.2, 0.25) is 0 Å². The molecule has 0 spiro atoms. The second-order valence-electron chi connectivity index (χ2n) is 9.61. The fourth-order valence-corrected chi connectivity index (χ4v) is 4.93. The molecule has 0 saturated heterocycles. The van der Waals surface area contributed by atoms with E-state index in [4.69, 9.17) is 10.5 Å². The van der Waals surface area contributed by atoms with Crippen molar-refractivity contribution in [3.05, 3.63) is 58.1 Å². The van der Waals surface area contributed by atoms with Crippen LogP contribution in [-0.4, -0.2) is 36.4 Å². The summed E-state index contributed by atoms with van der Waals surface area (Å²) < 4.78 is 50.4. The molecule has 4 N–H and O–H groups in total. The van der Waals surface area contributed by atoms with E-state index in [0.717, 1.165) is 12.1 Å². The number of amides is 1. The number of primary amides is 1. The van der Waals surface area contributed by atoms with Crippen LogP contribution in [0.1, 0.15) is 32.8 Å². The van der Waals surface area contributed by atoms with Crippen LogP contribution >= 0.6 is 0 Å². The first kappa shape index (κ1) is 25.2. The third kappa shape index (κ3) is 4.89. The van der Waals surface area contributed by atoms with Crippen LogP contribution in [0.2, 0.25) is 0 Å². The molecule has 0 bridgehead atoms. The van der Waals surface area contributed by atoms with Gasteiger partial charge in [-0.2, -0.15) is 8.42 Å². The normalized spacial score (nSPS) is 14.6. The van der Waals surface area contributed by atoms with Gasteiger partial charge in [-0.15, -0.1) is 4.40 Å². The number of anilines is 1. The lowest BCUT2D eigenvalue weighted by molar-refractivity contribution is -0.119. The highest BCUT2D eigenvalue weighted by atomic mass is 32.2. The van der Waals surface area contributed by atoms with Crippen molar-refractivity contribution in [2.75, 3.05) is 11.9 Å². The number of amidine groups is 1. The molecule has 2 heterocycles. The van der Waals surface area contributed by atoms with Crippen LogP contribution in [-0.2, 0) is 21.4 Å². The number of nitrogens with two attached hydrogens (primary N) is 1. The van der Waals surface area contributed by atoms with E-state index in [2.05, 4.69) is 9.71 Å². The van der Waals surface area contributed by atoms with Gasteiger partial charge in [0.05, 0.1) is 11.2 Å². The standard InChI is InChI=1S/C24H25FN4O6S/c1-24(2,3)8-9-29-17-7-4-13(25)10-15(17)21(31)20(23(29)32)22-27-16-6-5-14(35-12-19(26)30)11-18(16)36(33,34)28-22/h4-7,10-11,31H,8-9,12H2,1-3H3,(H2,26,30)(H,27,28). The number of sulfonamides is 1. The summed E-state index contributed by atoms with van der Waals surface area (Å²) in [6.45, 7) is 5.79. The van der Waals surface area contributed by atoms with Gasteiger partial charge in [-0.1, -0.05) is 20.8 Å². The summed E-state index contributed by atoms with van der Waals surface area (Å²) in [5, 5.41) is 13.8. The van der Waals surface area contributed by atoms with E-state index >= 15 is 0 Å². The Morgan fingerprint density at radius 1 is 1.22 bits per heavy atom. The fraction of sp³-hybridized carbons (Fsp3) is 0.292. The third-order valence-electron chi connectivity index (χ3n) is 5.60. The molecular formula is C24H25FN4O6S. The van der Waals surface area contributed by atoms with Gasteiger partial charge in [0.25, 0.3) is 21.5 Å².